The maximum Gasteiger partial charge on any atom is 0.202 e. The topological polar surface area (TPSA) is 33.0 Å². The second kappa shape index (κ2) is 7.30. The summed E-state index contributed by atoms with van der Waals surface area (Å²) in [5, 5.41) is 9.70. The van der Waals surface area contributed by atoms with Gasteiger partial charge in [-0.3, -0.25) is 0 Å². The molecule has 3 heteroatoms. The fraction of sp³-hybridized carbons (Fsp3) is 0.350. The summed E-state index contributed by atoms with van der Waals surface area (Å²) in [5.74, 6) is 2.09. The number of hydrogen-bond donors (Lipinski definition) is 0. The quantitative estimate of drug-likeness (QED) is 0.720. The lowest BCUT2D eigenvalue weighted by molar-refractivity contribution is -0.915. The Balaban J connectivity index is 2.25. The van der Waals surface area contributed by atoms with E-state index in [1.807, 2.05) is 54.6 Å². The molecule has 3 nitrogen and oxygen atoms in total. The van der Waals surface area contributed by atoms with Crippen LogP contribution in [0.2, 0.25) is 0 Å². The molecule has 1 atom stereocenters. The SMILES string of the molecule is CC(C)C[N+](C)(C)C(C#N)c1cccc(Oc2ccccc2)c1. The van der Waals surface area contributed by atoms with Crippen LogP contribution in [0.15, 0.2) is 54.6 Å². The number of nitrogens with zero attached hydrogens (tertiary/aromatic N) is 2. The van der Waals surface area contributed by atoms with Gasteiger partial charge in [0.15, 0.2) is 0 Å². The largest absolute Gasteiger partial charge is 0.457 e. The Morgan fingerprint density at radius 2 is 1.65 bits per heavy atom. The van der Waals surface area contributed by atoms with Gasteiger partial charge in [0.2, 0.25) is 6.04 Å². The molecule has 2 rings (SSSR count). The van der Waals surface area contributed by atoms with Crippen molar-refractivity contribution in [3.05, 3.63) is 60.2 Å². The Labute approximate surface area is 139 Å². The minimum Gasteiger partial charge on any atom is -0.457 e. The van der Waals surface area contributed by atoms with Crippen LogP contribution in [-0.4, -0.2) is 25.1 Å². The van der Waals surface area contributed by atoms with Crippen LogP contribution in [0.25, 0.3) is 0 Å². The molecule has 0 heterocycles. The number of ether oxygens (including phenoxy) is 1. The zero-order valence-corrected chi connectivity index (χ0v) is 14.4. The Morgan fingerprint density at radius 3 is 2.26 bits per heavy atom. The summed E-state index contributed by atoms with van der Waals surface area (Å²) < 4.78 is 6.53. The first-order valence-corrected chi connectivity index (χ1v) is 7.97. The van der Waals surface area contributed by atoms with E-state index in [9.17, 15) is 5.26 Å². The van der Waals surface area contributed by atoms with Gasteiger partial charge in [-0.05, 0) is 24.3 Å². The van der Waals surface area contributed by atoms with Gasteiger partial charge in [0.05, 0.1) is 20.6 Å². The molecule has 120 valence electrons. The summed E-state index contributed by atoms with van der Waals surface area (Å²) in [4.78, 5) is 0. The van der Waals surface area contributed by atoms with E-state index in [2.05, 4.69) is 34.0 Å². The minimum absolute atomic E-state index is 0.211. The molecule has 23 heavy (non-hydrogen) atoms. The van der Waals surface area contributed by atoms with Crippen molar-refractivity contribution in [1.29, 1.82) is 5.26 Å². The van der Waals surface area contributed by atoms with Crippen LogP contribution >= 0.6 is 0 Å². The van der Waals surface area contributed by atoms with Gasteiger partial charge in [0.25, 0.3) is 0 Å². The lowest BCUT2D eigenvalue weighted by Gasteiger charge is -2.35. The van der Waals surface area contributed by atoms with Gasteiger partial charge < -0.3 is 9.22 Å². The van der Waals surface area contributed by atoms with Crippen molar-refractivity contribution in [1.82, 2.24) is 0 Å². The van der Waals surface area contributed by atoms with Crippen LogP contribution in [0.1, 0.15) is 25.5 Å². The Bertz CT molecular complexity index is 672. The van der Waals surface area contributed by atoms with E-state index in [-0.39, 0.29) is 6.04 Å². The highest BCUT2D eigenvalue weighted by Gasteiger charge is 2.30. The summed E-state index contributed by atoms with van der Waals surface area (Å²) in [6, 6.07) is 19.8. The van der Waals surface area contributed by atoms with Crippen molar-refractivity contribution < 1.29 is 9.22 Å². The van der Waals surface area contributed by atoms with E-state index in [1.54, 1.807) is 0 Å². The fourth-order valence-corrected chi connectivity index (χ4v) is 3.05. The molecule has 0 fully saturated rings. The fourth-order valence-electron chi connectivity index (χ4n) is 3.05. The Kier molecular flexibility index (Phi) is 5.41. The number of hydrogen-bond acceptors (Lipinski definition) is 2. The van der Waals surface area contributed by atoms with Gasteiger partial charge in [0.1, 0.15) is 17.6 Å². The lowest BCUT2D eigenvalue weighted by atomic mass is 10.0. The van der Waals surface area contributed by atoms with Crippen molar-refractivity contribution in [2.75, 3.05) is 20.6 Å². The predicted molar refractivity (Wildman–Crippen MR) is 93.1 cm³/mol. The van der Waals surface area contributed by atoms with Crippen LogP contribution in [0, 0.1) is 17.2 Å². The van der Waals surface area contributed by atoms with E-state index in [4.69, 9.17) is 4.74 Å². The molecule has 0 spiro atoms. The number of benzene rings is 2. The molecule has 0 aliphatic heterocycles. The third kappa shape index (κ3) is 4.58. The molecular weight excluding hydrogens is 284 g/mol. The average Bonchev–Trinajstić information content (AvgIpc) is 2.47. The molecule has 0 aromatic heterocycles. The lowest BCUT2D eigenvalue weighted by Crippen LogP contribution is -2.45. The highest BCUT2D eigenvalue weighted by molar-refractivity contribution is 5.36. The van der Waals surface area contributed by atoms with Crippen molar-refractivity contribution in [3.8, 4) is 17.6 Å². The van der Waals surface area contributed by atoms with Crippen LogP contribution in [0.4, 0.5) is 0 Å². The van der Waals surface area contributed by atoms with Gasteiger partial charge in [-0.1, -0.05) is 44.2 Å². The molecular formula is C20H25N2O+. The first-order valence-electron chi connectivity index (χ1n) is 7.97. The van der Waals surface area contributed by atoms with E-state index in [0.29, 0.717) is 10.4 Å². The number of rotatable bonds is 6. The predicted octanol–water partition coefficient (Wildman–Crippen LogP) is 4.78. The summed E-state index contributed by atoms with van der Waals surface area (Å²) in [5.41, 5.74) is 0.992. The minimum atomic E-state index is -0.211. The number of nitriles is 1. The summed E-state index contributed by atoms with van der Waals surface area (Å²) in [7, 11) is 4.22. The molecule has 2 aromatic carbocycles. The molecule has 1 unspecified atom stereocenters. The van der Waals surface area contributed by atoms with Gasteiger partial charge in [0, 0.05) is 11.5 Å². The summed E-state index contributed by atoms with van der Waals surface area (Å²) >= 11 is 0. The van der Waals surface area contributed by atoms with E-state index >= 15 is 0 Å². The first kappa shape index (κ1) is 17.1. The first-order chi connectivity index (χ1) is 10.9. The third-order valence-electron chi connectivity index (χ3n) is 3.81. The smallest absolute Gasteiger partial charge is 0.202 e. The van der Waals surface area contributed by atoms with Gasteiger partial charge in [-0.25, -0.2) is 0 Å². The van der Waals surface area contributed by atoms with Crippen LogP contribution in [-0.2, 0) is 0 Å². The molecule has 0 aliphatic rings. The van der Waals surface area contributed by atoms with Crippen molar-refractivity contribution in [2.24, 2.45) is 5.92 Å². The highest BCUT2D eigenvalue weighted by Crippen LogP contribution is 2.30. The third-order valence-corrected chi connectivity index (χ3v) is 3.81. The molecule has 0 radical (unpaired) electrons. The maximum absolute atomic E-state index is 9.70. The Morgan fingerprint density at radius 1 is 1.00 bits per heavy atom. The second-order valence-electron chi connectivity index (χ2n) is 6.87. The summed E-state index contributed by atoms with van der Waals surface area (Å²) in [6.45, 7) is 5.31. The van der Waals surface area contributed by atoms with Crippen molar-refractivity contribution in [3.63, 3.8) is 0 Å². The number of quaternary nitrogens is 1. The molecule has 0 bridgehead atoms. The molecule has 0 saturated heterocycles. The standard InChI is InChI=1S/C20H25N2O/c1-16(2)15-22(3,4)20(14-21)17-9-8-12-19(13-17)23-18-10-6-5-7-11-18/h5-13,16,20H,15H2,1-4H3/q+1. The van der Waals surface area contributed by atoms with E-state index in [1.165, 1.54) is 0 Å². The van der Waals surface area contributed by atoms with Gasteiger partial charge in [-0.2, -0.15) is 5.26 Å². The monoisotopic (exact) mass is 309 g/mol. The summed E-state index contributed by atoms with van der Waals surface area (Å²) in [6.07, 6.45) is 0. The zero-order valence-electron chi connectivity index (χ0n) is 14.4. The zero-order chi connectivity index (χ0) is 16.9. The second-order valence-corrected chi connectivity index (χ2v) is 6.87. The number of para-hydroxylation sites is 1. The Hall–Kier alpha value is -2.31. The average molecular weight is 309 g/mol. The van der Waals surface area contributed by atoms with Crippen molar-refractivity contribution >= 4 is 0 Å². The van der Waals surface area contributed by atoms with E-state index in [0.717, 1.165) is 23.6 Å². The highest BCUT2D eigenvalue weighted by atomic mass is 16.5. The molecule has 0 N–H and O–H groups in total. The molecule has 2 aromatic rings. The van der Waals surface area contributed by atoms with Crippen molar-refractivity contribution in [2.45, 2.75) is 19.9 Å². The maximum atomic E-state index is 9.70. The van der Waals surface area contributed by atoms with E-state index < -0.39 is 0 Å². The normalized spacial score (nSPS) is 12.7. The van der Waals surface area contributed by atoms with Crippen LogP contribution < -0.4 is 4.74 Å². The van der Waals surface area contributed by atoms with Gasteiger partial charge >= 0.3 is 0 Å². The molecule has 0 aliphatic carbocycles. The van der Waals surface area contributed by atoms with Gasteiger partial charge in [-0.15, -0.1) is 0 Å². The van der Waals surface area contributed by atoms with Crippen LogP contribution in [0.5, 0.6) is 11.5 Å². The molecule has 0 saturated carbocycles. The van der Waals surface area contributed by atoms with Crippen LogP contribution in [0.3, 0.4) is 0 Å². The molecule has 0 amide bonds.